The average Bonchev–Trinajstić information content (AvgIpc) is 2.58. The summed E-state index contributed by atoms with van der Waals surface area (Å²) in [5.41, 5.74) is 2.23. The highest BCUT2D eigenvalue weighted by Crippen LogP contribution is 2.06. The fourth-order valence-corrected chi connectivity index (χ4v) is 2.53. The Morgan fingerprint density at radius 1 is 0.864 bits per heavy atom. The highest BCUT2D eigenvalue weighted by molar-refractivity contribution is 5.96. The number of hydrogen-bond acceptors (Lipinski definition) is 2. The molecule has 0 atom stereocenters. The second-order valence-electron chi connectivity index (χ2n) is 5.79. The van der Waals surface area contributed by atoms with Crippen molar-refractivity contribution in [1.29, 1.82) is 0 Å². The summed E-state index contributed by atoms with van der Waals surface area (Å²) in [6.45, 7) is 1.88. The highest BCUT2D eigenvalue weighted by atomic mass is 16.1. The normalized spacial score (nSPS) is 10.8. The molecule has 0 aromatic heterocycles. The van der Waals surface area contributed by atoms with Gasteiger partial charge in [0, 0.05) is 18.5 Å². The van der Waals surface area contributed by atoms with Crippen molar-refractivity contribution in [2.45, 2.75) is 25.7 Å². The smallest absolute Gasteiger partial charge is 0.164 e. The van der Waals surface area contributed by atoms with Gasteiger partial charge in [-0.15, -0.1) is 0 Å². The maximum Gasteiger partial charge on any atom is 0.164 e. The third-order valence-electron chi connectivity index (χ3n) is 3.91. The monoisotopic (exact) mass is 295 g/mol. The molecule has 2 heteroatoms. The Balaban J connectivity index is 1.60. The summed E-state index contributed by atoms with van der Waals surface area (Å²) in [5.74, 6) is 0.233. The zero-order valence-corrected chi connectivity index (χ0v) is 13.4. The molecular weight excluding hydrogens is 270 g/mol. The van der Waals surface area contributed by atoms with Gasteiger partial charge < -0.3 is 4.90 Å². The molecule has 0 amide bonds. The van der Waals surface area contributed by atoms with Gasteiger partial charge in [0.2, 0.25) is 0 Å². The molecule has 2 aromatic carbocycles. The van der Waals surface area contributed by atoms with Gasteiger partial charge in [-0.25, -0.2) is 0 Å². The van der Waals surface area contributed by atoms with Crippen molar-refractivity contribution in [3.05, 3.63) is 71.8 Å². The zero-order valence-electron chi connectivity index (χ0n) is 13.4. The van der Waals surface area contributed by atoms with Crippen LogP contribution in [0.3, 0.4) is 0 Å². The maximum absolute atomic E-state index is 12.0. The molecule has 0 aliphatic rings. The quantitative estimate of drug-likeness (QED) is 0.510. The molecule has 0 N–H and O–H groups in total. The number of carbonyl (C=O) groups is 1. The van der Waals surface area contributed by atoms with Crippen molar-refractivity contribution in [1.82, 2.24) is 4.90 Å². The van der Waals surface area contributed by atoms with Crippen LogP contribution in [-0.4, -0.2) is 30.8 Å². The van der Waals surface area contributed by atoms with Crippen molar-refractivity contribution in [2.75, 3.05) is 20.1 Å². The SMILES string of the molecule is CN(CCCCc1ccccc1)CCC(=O)c1ccccc1. The van der Waals surface area contributed by atoms with E-state index in [9.17, 15) is 4.79 Å². The van der Waals surface area contributed by atoms with Crippen LogP contribution in [0.2, 0.25) is 0 Å². The first kappa shape index (κ1) is 16.4. The summed E-state index contributed by atoms with van der Waals surface area (Å²) in [4.78, 5) is 14.3. The highest BCUT2D eigenvalue weighted by Gasteiger charge is 2.06. The third-order valence-corrected chi connectivity index (χ3v) is 3.91. The number of aryl methyl sites for hydroxylation is 1. The summed E-state index contributed by atoms with van der Waals surface area (Å²) < 4.78 is 0. The van der Waals surface area contributed by atoms with Gasteiger partial charge in [0.1, 0.15) is 0 Å². The van der Waals surface area contributed by atoms with E-state index < -0.39 is 0 Å². The number of rotatable bonds is 9. The van der Waals surface area contributed by atoms with Crippen LogP contribution in [0.25, 0.3) is 0 Å². The van der Waals surface area contributed by atoms with E-state index in [4.69, 9.17) is 0 Å². The minimum atomic E-state index is 0.233. The van der Waals surface area contributed by atoms with Crippen LogP contribution >= 0.6 is 0 Å². The molecular formula is C20H25NO. The minimum absolute atomic E-state index is 0.233. The van der Waals surface area contributed by atoms with Crippen molar-refractivity contribution < 1.29 is 4.79 Å². The molecule has 0 aliphatic carbocycles. The van der Waals surface area contributed by atoms with E-state index >= 15 is 0 Å². The van der Waals surface area contributed by atoms with Gasteiger partial charge in [-0.3, -0.25) is 4.79 Å². The van der Waals surface area contributed by atoms with E-state index in [1.807, 2.05) is 30.3 Å². The fourth-order valence-electron chi connectivity index (χ4n) is 2.53. The number of nitrogens with zero attached hydrogens (tertiary/aromatic N) is 1. The van der Waals surface area contributed by atoms with E-state index in [2.05, 4.69) is 42.3 Å². The molecule has 0 aliphatic heterocycles. The Kier molecular flexibility index (Phi) is 6.85. The number of ketones is 1. The van der Waals surface area contributed by atoms with E-state index in [0.29, 0.717) is 6.42 Å². The predicted molar refractivity (Wildman–Crippen MR) is 92.3 cm³/mol. The summed E-state index contributed by atoms with van der Waals surface area (Å²) in [5, 5.41) is 0. The van der Waals surface area contributed by atoms with Crippen LogP contribution in [0.15, 0.2) is 60.7 Å². The van der Waals surface area contributed by atoms with Crippen molar-refractivity contribution in [2.24, 2.45) is 0 Å². The largest absolute Gasteiger partial charge is 0.306 e. The van der Waals surface area contributed by atoms with Crippen molar-refractivity contribution in [3.63, 3.8) is 0 Å². The molecule has 2 rings (SSSR count). The molecule has 2 aromatic rings. The first-order chi connectivity index (χ1) is 10.8. The first-order valence-electron chi connectivity index (χ1n) is 8.06. The molecule has 116 valence electrons. The molecule has 22 heavy (non-hydrogen) atoms. The Labute approximate surface area is 133 Å². The topological polar surface area (TPSA) is 20.3 Å². The fraction of sp³-hybridized carbons (Fsp3) is 0.350. The molecule has 0 bridgehead atoms. The summed E-state index contributed by atoms with van der Waals surface area (Å²) >= 11 is 0. The van der Waals surface area contributed by atoms with Crippen LogP contribution in [0.4, 0.5) is 0 Å². The van der Waals surface area contributed by atoms with Crippen LogP contribution in [-0.2, 0) is 6.42 Å². The van der Waals surface area contributed by atoms with Gasteiger partial charge in [-0.2, -0.15) is 0 Å². The number of unbranched alkanes of at least 4 members (excludes halogenated alkanes) is 1. The zero-order chi connectivity index (χ0) is 15.6. The molecule has 0 unspecified atom stereocenters. The Hall–Kier alpha value is -1.93. The van der Waals surface area contributed by atoms with E-state index in [-0.39, 0.29) is 5.78 Å². The summed E-state index contributed by atoms with van der Waals surface area (Å²) in [6.07, 6.45) is 4.10. The first-order valence-corrected chi connectivity index (χ1v) is 8.06. The van der Waals surface area contributed by atoms with Crippen molar-refractivity contribution in [3.8, 4) is 0 Å². The minimum Gasteiger partial charge on any atom is -0.306 e. The van der Waals surface area contributed by atoms with E-state index in [1.54, 1.807) is 0 Å². The molecule has 0 fully saturated rings. The lowest BCUT2D eigenvalue weighted by Gasteiger charge is -2.16. The lowest BCUT2D eigenvalue weighted by atomic mass is 10.1. The van der Waals surface area contributed by atoms with Gasteiger partial charge in [-0.05, 0) is 38.4 Å². The second kappa shape index (κ2) is 9.16. The number of Topliss-reactive ketones (excluding diaryl/α,β-unsaturated/α-hetero) is 1. The lowest BCUT2D eigenvalue weighted by molar-refractivity contribution is 0.0969. The van der Waals surface area contributed by atoms with Gasteiger partial charge in [-0.1, -0.05) is 60.7 Å². The van der Waals surface area contributed by atoms with E-state index in [0.717, 1.165) is 25.1 Å². The number of hydrogen-bond donors (Lipinski definition) is 0. The van der Waals surface area contributed by atoms with Gasteiger partial charge in [0.25, 0.3) is 0 Å². The average molecular weight is 295 g/mol. The third kappa shape index (κ3) is 5.82. The Morgan fingerprint density at radius 2 is 1.50 bits per heavy atom. The Bertz CT molecular complexity index is 550. The lowest BCUT2D eigenvalue weighted by Crippen LogP contribution is -2.23. The van der Waals surface area contributed by atoms with Gasteiger partial charge in [0.05, 0.1) is 0 Å². The molecule has 0 saturated heterocycles. The standard InChI is InChI=1S/C20H25NO/c1-21(16-9-8-12-18-10-4-2-5-11-18)17-15-20(22)19-13-6-3-7-14-19/h2-7,10-11,13-14H,8-9,12,15-17H2,1H3. The van der Waals surface area contributed by atoms with Gasteiger partial charge in [0.15, 0.2) is 5.78 Å². The molecule has 0 radical (unpaired) electrons. The number of benzene rings is 2. The molecule has 0 spiro atoms. The Morgan fingerprint density at radius 3 is 2.18 bits per heavy atom. The van der Waals surface area contributed by atoms with Crippen LogP contribution in [0, 0.1) is 0 Å². The molecule has 0 saturated carbocycles. The molecule has 2 nitrogen and oxygen atoms in total. The predicted octanol–water partition coefficient (Wildman–Crippen LogP) is 4.21. The summed E-state index contributed by atoms with van der Waals surface area (Å²) in [7, 11) is 2.10. The summed E-state index contributed by atoms with van der Waals surface area (Å²) in [6, 6.07) is 20.2. The van der Waals surface area contributed by atoms with Crippen LogP contribution < -0.4 is 0 Å². The second-order valence-corrected chi connectivity index (χ2v) is 5.79. The van der Waals surface area contributed by atoms with E-state index in [1.165, 1.54) is 18.4 Å². The van der Waals surface area contributed by atoms with Crippen molar-refractivity contribution >= 4 is 5.78 Å². The number of carbonyl (C=O) groups excluding carboxylic acids is 1. The van der Waals surface area contributed by atoms with Crippen LogP contribution in [0.5, 0.6) is 0 Å². The maximum atomic E-state index is 12.0. The van der Waals surface area contributed by atoms with Gasteiger partial charge >= 0.3 is 0 Å². The molecule has 0 heterocycles. The van der Waals surface area contributed by atoms with Crippen LogP contribution in [0.1, 0.15) is 35.2 Å².